The van der Waals surface area contributed by atoms with Crippen LogP contribution in [0.4, 0.5) is 5.13 Å². The van der Waals surface area contributed by atoms with Gasteiger partial charge in [-0.15, -0.1) is 11.3 Å². The van der Waals surface area contributed by atoms with Gasteiger partial charge in [0, 0.05) is 29.5 Å². The average Bonchev–Trinajstić information content (AvgIpc) is 2.84. The minimum atomic E-state index is 0.735. The molecule has 0 bridgehead atoms. The third kappa shape index (κ3) is 2.28. The highest BCUT2D eigenvalue weighted by molar-refractivity contribution is 9.09. The number of nitrogens with zero attached hydrogens (tertiary/aromatic N) is 2. The second kappa shape index (κ2) is 5.12. The molecule has 0 radical (unpaired) electrons. The van der Waals surface area contributed by atoms with Crippen molar-refractivity contribution in [2.75, 3.05) is 16.8 Å². The summed E-state index contributed by atoms with van der Waals surface area (Å²) in [5.74, 6) is 0. The number of anilines is 1. The molecule has 2 rings (SSSR count). The first-order valence-corrected chi connectivity index (χ1v) is 7.14. The van der Waals surface area contributed by atoms with Gasteiger partial charge in [0.15, 0.2) is 5.13 Å². The van der Waals surface area contributed by atoms with E-state index in [1.165, 1.54) is 37.4 Å². The van der Waals surface area contributed by atoms with E-state index in [4.69, 9.17) is 0 Å². The monoisotopic (exact) mass is 274 g/mol. The molecule has 1 aromatic heterocycles. The van der Waals surface area contributed by atoms with Crippen molar-refractivity contribution in [2.45, 2.75) is 31.7 Å². The third-order valence-electron chi connectivity index (χ3n) is 2.71. The highest BCUT2D eigenvalue weighted by Gasteiger charge is 2.25. The predicted octanol–water partition coefficient (Wildman–Crippen LogP) is 3.29. The second-order valence-corrected chi connectivity index (χ2v) is 5.30. The standard InChI is InChI=1S/C10H15BrN2S/c11-5-1-3-9-4-2-7-13(9)10-12-6-8-14-10/h6,8-9H,1-5,7H2. The Morgan fingerprint density at radius 2 is 2.57 bits per heavy atom. The van der Waals surface area contributed by atoms with E-state index in [9.17, 15) is 0 Å². The summed E-state index contributed by atoms with van der Waals surface area (Å²) in [5.41, 5.74) is 0. The van der Waals surface area contributed by atoms with Gasteiger partial charge in [-0.1, -0.05) is 15.9 Å². The number of halogens is 1. The Hall–Kier alpha value is -0.0900. The van der Waals surface area contributed by atoms with Crippen molar-refractivity contribution < 1.29 is 0 Å². The van der Waals surface area contributed by atoms with E-state index in [0.29, 0.717) is 0 Å². The second-order valence-electron chi connectivity index (χ2n) is 3.64. The van der Waals surface area contributed by atoms with E-state index in [2.05, 4.69) is 31.2 Å². The van der Waals surface area contributed by atoms with Crippen LogP contribution in [0.1, 0.15) is 25.7 Å². The zero-order chi connectivity index (χ0) is 9.80. The quantitative estimate of drug-likeness (QED) is 0.784. The summed E-state index contributed by atoms with van der Waals surface area (Å²) < 4.78 is 0. The molecule has 0 spiro atoms. The Kier molecular flexibility index (Phi) is 3.81. The fourth-order valence-corrected chi connectivity index (χ4v) is 3.12. The van der Waals surface area contributed by atoms with Crippen LogP contribution in [0.2, 0.25) is 0 Å². The number of rotatable bonds is 4. The lowest BCUT2D eigenvalue weighted by molar-refractivity contribution is 0.603. The maximum absolute atomic E-state index is 4.39. The van der Waals surface area contributed by atoms with Crippen molar-refractivity contribution in [3.8, 4) is 0 Å². The lowest BCUT2D eigenvalue weighted by Gasteiger charge is -2.23. The molecule has 2 heterocycles. The summed E-state index contributed by atoms with van der Waals surface area (Å²) in [5, 5.41) is 4.40. The molecule has 4 heteroatoms. The van der Waals surface area contributed by atoms with E-state index in [-0.39, 0.29) is 0 Å². The van der Waals surface area contributed by atoms with E-state index in [1.807, 2.05) is 6.20 Å². The zero-order valence-electron chi connectivity index (χ0n) is 8.16. The molecule has 1 aliphatic heterocycles. The topological polar surface area (TPSA) is 16.1 Å². The first-order chi connectivity index (χ1) is 6.92. The van der Waals surface area contributed by atoms with Gasteiger partial charge in [-0.25, -0.2) is 4.98 Å². The number of thiazole rings is 1. The minimum Gasteiger partial charge on any atom is -0.345 e. The van der Waals surface area contributed by atoms with Gasteiger partial charge in [-0.2, -0.15) is 0 Å². The van der Waals surface area contributed by atoms with Crippen LogP contribution in [0, 0.1) is 0 Å². The molecular formula is C10H15BrN2S. The van der Waals surface area contributed by atoms with Crippen molar-refractivity contribution in [1.82, 2.24) is 4.98 Å². The van der Waals surface area contributed by atoms with Crippen molar-refractivity contribution >= 4 is 32.4 Å². The van der Waals surface area contributed by atoms with Crippen LogP contribution in [-0.4, -0.2) is 22.9 Å². The van der Waals surface area contributed by atoms with Crippen LogP contribution < -0.4 is 4.90 Å². The molecule has 0 amide bonds. The highest BCUT2D eigenvalue weighted by Crippen LogP contribution is 2.29. The summed E-state index contributed by atoms with van der Waals surface area (Å²) in [7, 11) is 0. The molecule has 1 aromatic rings. The molecule has 0 aromatic carbocycles. The van der Waals surface area contributed by atoms with E-state index in [1.54, 1.807) is 11.3 Å². The Labute approximate surface area is 97.5 Å². The highest BCUT2D eigenvalue weighted by atomic mass is 79.9. The third-order valence-corrected chi connectivity index (χ3v) is 4.08. The van der Waals surface area contributed by atoms with Crippen LogP contribution in [-0.2, 0) is 0 Å². The molecule has 1 fully saturated rings. The van der Waals surface area contributed by atoms with Crippen LogP contribution >= 0.6 is 27.3 Å². The summed E-state index contributed by atoms with van der Waals surface area (Å²) in [6.45, 7) is 1.19. The summed E-state index contributed by atoms with van der Waals surface area (Å²) in [6, 6.07) is 0.735. The average molecular weight is 275 g/mol. The van der Waals surface area contributed by atoms with Gasteiger partial charge in [0.25, 0.3) is 0 Å². The van der Waals surface area contributed by atoms with Gasteiger partial charge >= 0.3 is 0 Å². The Morgan fingerprint density at radius 1 is 1.64 bits per heavy atom. The van der Waals surface area contributed by atoms with Gasteiger partial charge in [0.2, 0.25) is 0 Å². The summed E-state index contributed by atoms with van der Waals surface area (Å²) >= 11 is 5.25. The Balaban J connectivity index is 1.97. The summed E-state index contributed by atoms with van der Waals surface area (Å²) in [4.78, 5) is 6.87. The van der Waals surface area contributed by atoms with Crippen LogP contribution in [0.15, 0.2) is 11.6 Å². The maximum atomic E-state index is 4.39. The SMILES string of the molecule is BrCCCC1CCCN1c1nccs1. The number of hydrogen-bond acceptors (Lipinski definition) is 3. The maximum Gasteiger partial charge on any atom is 0.185 e. The smallest absolute Gasteiger partial charge is 0.185 e. The molecule has 0 saturated carbocycles. The van der Waals surface area contributed by atoms with Crippen molar-refractivity contribution in [2.24, 2.45) is 0 Å². The van der Waals surface area contributed by atoms with E-state index < -0.39 is 0 Å². The minimum absolute atomic E-state index is 0.735. The predicted molar refractivity (Wildman–Crippen MR) is 65.5 cm³/mol. The van der Waals surface area contributed by atoms with Crippen molar-refractivity contribution in [3.05, 3.63) is 11.6 Å². The number of alkyl halides is 1. The number of aromatic nitrogens is 1. The number of hydrogen-bond donors (Lipinski definition) is 0. The fourth-order valence-electron chi connectivity index (χ4n) is 2.06. The van der Waals surface area contributed by atoms with Crippen LogP contribution in [0.25, 0.3) is 0 Å². The first kappa shape index (κ1) is 10.4. The van der Waals surface area contributed by atoms with Gasteiger partial charge in [0.1, 0.15) is 0 Å². The molecular weight excluding hydrogens is 260 g/mol. The van der Waals surface area contributed by atoms with Crippen molar-refractivity contribution in [3.63, 3.8) is 0 Å². The van der Waals surface area contributed by atoms with Gasteiger partial charge in [-0.05, 0) is 25.7 Å². The largest absolute Gasteiger partial charge is 0.345 e. The van der Waals surface area contributed by atoms with E-state index >= 15 is 0 Å². The molecule has 1 aliphatic rings. The lowest BCUT2D eigenvalue weighted by Crippen LogP contribution is -2.28. The molecule has 1 unspecified atom stereocenters. The van der Waals surface area contributed by atoms with E-state index in [0.717, 1.165) is 11.4 Å². The molecule has 0 N–H and O–H groups in total. The molecule has 1 atom stereocenters. The lowest BCUT2D eigenvalue weighted by atomic mass is 10.1. The van der Waals surface area contributed by atoms with Crippen molar-refractivity contribution in [1.29, 1.82) is 0 Å². The Bertz CT molecular complexity index is 263. The summed E-state index contributed by atoms with van der Waals surface area (Å²) in [6.07, 6.45) is 7.14. The normalized spacial score (nSPS) is 21.8. The zero-order valence-corrected chi connectivity index (χ0v) is 10.6. The molecule has 1 saturated heterocycles. The first-order valence-electron chi connectivity index (χ1n) is 5.14. The Morgan fingerprint density at radius 3 is 3.29 bits per heavy atom. The molecule has 2 nitrogen and oxygen atoms in total. The van der Waals surface area contributed by atoms with Gasteiger partial charge in [-0.3, -0.25) is 0 Å². The molecule has 0 aliphatic carbocycles. The fraction of sp³-hybridized carbons (Fsp3) is 0.700. The van der Waals surface area contributed by atoms with Crippen LogP contribution in [0.3, 0.4) is 0 Å². The molecule has 14 heavy (non-hydrogen) atoms. The molecule has 78 valence electrons. The van der Waals surface area contributed by atoms with Crippen LogP contribution in [0.5, 0.6) is 0 Å². The van der Waals surface area contributed by atoms with Gasteiger partial charge in [0.05, 0.1) is 0 Å². The van der Waals surface area contributed by atoms with Gasteiger partial charge < -0.3 is 4.90 Å².